The van der Waals surface area contributed by atoms with Crippen LogP contribution >= 0.6 is 22.9 Å². The molecule has 0 amide bonds. The third kappa shape index (κ3) is 2.03. The van der Waals surface area contributed by atoms with Crippen LogP contribution in [0.1, 0.15) is 21.7 Å². The number of nitrogens with zero attached hydrogens (tertiary/aromatic N) is 1. The Balaban J connectivity index is 2.03. The lowest BCUT2D eigenvalue weighted by atomic mass is 10.2. The lowest BCUT2D eigenvalue weighted by Crippen LogP contribution is -2.08. The highest BCUT2D eigenvalue weighted by Gasteiger charge is 2.16. The summed E-state index contributed by atoms with van der Waals surface area (Å²) in [6, 6.07) is 7.18. The largest absolute Gasteiger partial charge is 0.459 e. The van der Waals surface area contributed by atoms with Gasteiger partial charge in [-0.25, -0.2) is 4.98 Å². The molecule has 1 aromatic carbocycles. The summed E-state index contributed by atoms with van der Waals surface area (Å²) in [5.41, 5.74) is 6.97. The van der Waals surface area contributed by atoms with Gasteiger partial charge in [-0.3, -0.25) is 0 Å². The summed E-state index contributed by atoms with van der Waals surface area (Å²) < 4.78 is 5.74. The summed E-state index contributed by atoms with van der Waals surface area (Å²) in [5, 5.41) is 2.66. The summed E-state index contributed by atoms with van der Waals surface area (Å²) >= 11 is 7.53. The van der Waals surface area contributed by atoms with Gasteiger partial charge >= 0.3 is 0 Å². The molecule has 1 unspecified atom stereocenters. The second kappa shape index (κ2) is 4.39. The molecule has 0 radical (unpaired) electrons. The second-order valence-corrected chi connectivity index (χ2v) is 5.79. The Morgan fingerprint density at radius 3 is 2.94 bits per heavy atom. The molecule has 0 aliphatic rings. The van der Waals surface area contributed by atoms with Crippen LogP contribution in [0.5, 0.6) is 0 Å². The number of benzene rings is 1. The van der Waals surface area contributed by atoms with Gasteiger partial charge in [-0.05, 0) is 31.2 Å². The average molecular weight is 279 g/mol. The van der Waals surface area contributed by atoms with E-state index in [1.165, 1.54) is 0 Å². The summed E-state index contributed by atoms with van der Waals surface area (Å²) in [6.07, 6.45) is 1.80. The van der Waals surface area contributed by atoms with Gasteiger partial charge in [-0.15, -0.1) is 11.3 Å². The van der Waals surface area contributed by atoms with E-state index in [1.54, 1.807) is 23.6 Å². The zero-order chi connectivity index (χ0) is 12.7. The Labute approximate surface area is 113 Å². The van der Waals surface area contributed by atoms with Crippen molar-refractivity contribution in [1.82, 2.24) is 4.98 Å². The number of rotatable bonds is 2. The third-order valence-electron chi connectivity index (χ3n) is 2.75. The first-order chi connectivity index (χ1) is 8.63. The van der Waals surface area contributed by atoms with E-state index in [-0.39, 0.29) is 6.04 Å². The van der Waals surface area contributed by atoms with Gasteiger partial charge in [0, 0.05) is 21.5 Å². The molecule has 2 heterocycles. The lowest BCUT2D eigenvalue weighted by molar-refractivity contribution is 0.527. The molecule has 0 saturated carbocycles. The summed E-state index contributed by atoms with van der Waals surface area (Å²) in [4.78, 5) is 5.20. The molecular formula is C13H11ClN2OS. The number of aryl methyl sites for hydroxylation is 1. The summed E-state index contributed by atoms with van der Waals surface area (Å²) in [6.45, 7) is 1.96. The molecule has 18 heavy (non-hydrogen) atoms. The fourth-order valence-corrected chi connectivity index (χ4v) is 2.83. The zero-order valence-electron chi connectivity index (χ0n) is 9.68. The smallest absolute Gasteiger partial charge is 0.134 e. The van der Waals surface area contributed by atoms with Crippen LogP contribution in [-0.2, 0) is 0 Å². The van der Waals surface area contributed by atoms with Crippen molar-refractivity contribution < 1.29 is 4.42 Å². The van der Waals surface area contributed by atoms with E-state index in [1.807, 2.05) is 25.1 Å². The minimum absolute atomic E-state index is 0.276. The van der Waals surface area contributed by atoms with Crippen LogP contribution in [0.25, 0.3) is 11.0 Å². The number of thiazole rings is 1. The molecule has 0 fully saturated rings. The highest BCUT2D eigenvalue weighted by atomic mass is 35.5. The van der Waals surface area contributed by atoms with Gasteiger partial charge in [0.2, 0.25) is 0 Å². The van der Waals surface area contributed by atoms with Crippen molar-refractivity contribution in [2.24, 2.45) is 5.73 Å². The van der Waals surface area contributed by atoms with Crippen molar-refractivity contribution in [2.45, 2.75) is 13.0 Å². The van der Waals surface area contributed by atoms with Crippen molar-refractivity contribution in [3.05, 3.63) is 51.1 Å². The van der Waals surface area contributed by atoms with Crippen molar-refractivity contribution >= 4 is 33.9 Å². The number of fused-ring (bicyclic) bond motifs is 1. The maximum atomic E-state index is 6.18. The van der Waals surface area contributed by atoms with Crippen molar-refractivity contribution in [1.29, 1.82) is 0 Å². The molecule has 3 aromatic rings. The molecule has 0 spiro atoms. The first-order valence-corrected chi connectivity index (χ1v) is 6.70. The Morgan fingerprint density at radius 1 is 1.39 bits per heavy atom. The monoisotopic (exact) mass is 278 g/mol. The maximum absolute atomic E-state index is 6.18. The third-order valence-corrected chi connectivity index (χ3v) is 3.98. The normalized spacial score (nSPS) is 13.1. The predicted molar refractivity (Wildman–Crippen MR) is 74.1 cm³/mol. The number of nitrogens with two attached hydrogens (primary N) is 1. The average Bonchev–Trinajstić information content (AvgIpc) is 2.93. The van der Waals surface area contributed by atoms with E-state index in [9.17, 15) is 0 Å². The fraction of sp³-hybridized carbons (Fsp3) is 0.154. The van der Waals surface area contributed by atoms with E-state index in [0.717, 1.165) is 26.6 Å². The standard InChI is InChI=1S/C13H11ClN2OS/c1-7-16-6-12(18-7)13(15)11-5-8-4-9(14)2-3-10(8)17-11/h2-6,13H,15H2,1H3. The molecule has 3 nitrogen and oxygen atoms in total. The van der Waals surface area contributed by atoms with Crippen LogP contribution in [0, 0.1) is 6.92 Å². The van der Waals surface area contributed by atoms with E-state index in [2.05, 4.69) is 4.98 Å². The van der Waals surface area contributed by atoms with Gasteiger partial charge < -0.3 is 10.2 Å². The molecule has 0 aliphatic carbocycles. The highest BCUT2D eigenvalue weighted by Crippen LogP contribution is 2.30. The lowest BCUT2D eigenvalue weighted by Gasteiger charge is -2.03. The van der Waals surface area contributed by atoms with E-state index in [0.29, 0.717) is 5.02 Å². The molecule has 0 saturated heterocycles. The molecular weight excluding hydrogens is 268 g/mol. The highest BCUT2D eigenvalue weighted by molar-refractivity contribution is 7.11. The molecule has 2 N–H and O–H groups in total. The number of furan rings is 1. The number of aromatic nitrogens is 1. The zero-order valence-corrected chi connectivity index (χ0v) is 11.3. The quantitative estimate of drug-likeness (QED) is 0.773. The van der Waals surface area contributed by atoms with E-state index < -0.39 is 0 Å². The van der Waals surface area contributed by atoms with Crippen molar-refractivity contribution in [3.8, 4) is 0 Å². The number of hydrogen-bond acceptors (Lipinski definition) is 4. The predicted octanol–water partition coefficient (Wildman–Crippen LogP) is 3.90. The van der Waals surface area contributed by atoms with Crippen LogP contribution in [0.4, 0.5) is 0 Å². The van der Waals surface area contributed by atoms with Gasteiger partial charge in [0.15, 0.2) is 0 Å². The minimum atomic E-state index is -0.276. The molecule has 92 valence electrons. The molecule has 5 heteroatoms. The van der Waals surface area contributed by atoms with Crippen LogP contribution in [0.2, 0.25) is 5.02 Å². The summed E-state index contributed by atoms with van der Waals surface area (Å²) in [5.74, 6) is 0.732. The van der Waals surface area contributed by atoms with Gasteiger partial charge in [0.1, 0.15) is 11.3 Å². The Morgan fingerprint density at radius 2 is 2.22 bits per heavy atom. The first-order valence-electron chi connectivity index (χ1n) is 5.50. The van der Waals surface area contributed by atoms with Crippen LogP contribution in [0.3, 0.4) is 0 Å². The molecule has 3 rings (SSSR count). The Kier molecular flexibility index (Phi) is 2.86. The van der Waals surface area contributed by atoms with E-state index >= 15 is 0 Å². The van der Waals surface area contributed by atoms with Crippen molar-refractivity contribution in [2.75, 3.05) is 0 Å². The molecule has 0 aliphatic heterocycles. The fourth-order valence-electron chi connectivity index (χ4n) is 1.85. The van der Waals surface area contributed by atoms with Crippen LogP contribution in [-0.4, -0.2) is 4.98 Å². The molecule has 0 bridgehead atoms. The van der Waals surface area contributed by atoms with Gasteiger partial charge in [0.25, 0.3) is 0 Å². The first kappa shape index (κ1) is 11.7. The maximum Gasteiger partial charge on any atom is 0.134 e. The van der Waals surface area contributed by atoms with Crippen LogP contribution in [0.15, 0.2) is 34.9 Å². The van der Waals surface area contributed by atoms with E-state index in [4.69, 9.17) is 21.8 Å². The SMILES string of the molecule is Cc1ncc(C(N)c2cc3cc(Cl)ccc3o2)s1. The topological polar surface area (TPSA) is 52.0 Å². The second-order valence-electron chi connectivity index (χ2n) is 4.09. The van der Waals surface area contributed by atoms with Crippen LogP contribution < -0.4 is 5.73 Å². The Hall–Kier alpha value is -1.36. The van der Waals surface area contributed by atoms with Gasteiger partial charge in [-0.2, -0.15) is 0 Å². The van der Waals surface area contributed by atoms with Gasteiger partial charge in [0.05, 0.1) is 11.0 Å². The summed E-state index contributed by atoms with van der Waals surface area (Å²) in [7, 11) is 0. The van der Waals surface area contributed by atoms with Crippen molar-refractivity contribution in [3.63, 3.8) is 0 Å². The number of hydrogen-bond donors (Lipinski definition) is 1. The number of halogens is 1. The molecule has 2 aromatic heterocycles. The Bertz CT molecular complexity index is 704. The molecule has 1 atom stereocenters. The minimum Gasteiger partial charge on any atom is -0.459 e. The van der Waals surface area contributed by atoms with Gasteiger partial charge in [-0.1, -0.05) is 11.6 Å².